The summed E-state index contributed by atoms with van der Waals surface area (Å²) < 4.78 is 5.39. The Balaban J connectivity index is 1.55. The molecule has 1 unspecified atom stereocenters. The monoisotopic (exact) mass is 406 g/mol. The first kappa shape index (κ1) is 20.5. The molecule has 0 aliphatic heterocycles. The molecule has 0 bridgehead atoms. The zero-order chi connectivity index (χ0) is 21.1. The molecule has 1 aromatic carbocycles. The molecule has 6 nitrogen and oxygen atoms in total. The van der Waals surface area contributed by atoms with Gasteiger partial charge in [0.15, 0.2) is 0 Å². The molecule has 6 heteroatoms. The largest absolute Gasteiger partial charge is 0.350 e. The Bertz CT molecular complexity index is 1010. The third-order valence-electron chi connectivity index (χ3n) is 6.02. The van der Waals surface area contributed by atoms with Gasteiger partial charge in [-0.3, -0.25) is 9.69 Å². The number of hydrogen-bond acceptors (Lipinski definition) is 5. The van der Waals surface area contributed by atoms with E-state index in [0.717, 1.165) is 43.4 Å². The number of fused-ring (bicyclic) bond motifs is 1. The van der Waals surface area contributed by atoms with Gasteiger partial charge in [-0.1, -0.05) is 49.3 Å². The van der Waals surface area contributed by atoms with Gasteiger partial charge < -0.3 is 9.84 Å². The Kier molecular flexibility index (Phi) is 6.13. The summed E-state index contributed by atoms with van der Waals surface area (Å²) in [5, 5.41) is 7.95. The minimum Gasteiger partial charge on any atom is -0.350 e. The minimum atomic E-state index is -0.0826. The smallest absolute Gasteiger partial charge is 0.259 e. The van der Waals surface area contributed by atoms with Crippen molar-refractivity contribution in [3.63, 3.8) is 0 Å². The number of pyridine rings is 1. The maximum Gasteiger partial charge on any atom is 0.259 e. The molecule has 1 fully saturated rings. The number of amides is 1. The van der Waals surface area contributed by atoms with Gasteiger partial charge in [-0.2, -0.15) is 0 Å². The third-order valence-corrected chi connectivity index (χ3v) is 6.02. The lowest BCUT2D eigenvalue weighted by molar-refractivity contribution is 0.0936. The van der Waals surface area contributed by atoms with Gasteiger partial charge >= 0.3 is 0 Å². The van der Waals surface area contributed by atoms with E-state index in [4.69, 9.17) is 4.52 Å². The van der Waals surface area contributed by atoms with Crippen LogP contribution < -0.4 is 5.32 Å². The van der Waals surface area contributed by atoms with Crippen LogP contribution in [0.5, 0.6) is 0 Å². The van der Waals surface area contributed by atoms with Crippen molar-refractivity contribution < 1.29 is 9.32 Å². The zero-order valence-corrected chi connectivity index (χ0v) is 18.0. The van der Waals surface area contributed by atoms with Gasteiger partial charge in [-0.15, -0.1) is 0 Å². The fourth-order valence-corrected chi connectivity index (χ4v) is 4.14. The van der Waals surface area contributed by atoms with E-state index in [2.05, 4.69) is 58.5 Å². The van der Waals surface area contributed by atoms with Crippen LogP contribution in [0.3, 0.4) is 0 Å². The number of rotatable bonds is 9. The Hall–Kier alpha value is -2.73. The van der Waals surface area contributed by atoms with Gasteiger partial charge in [0.05, 0.1) is 16.6 Å². The maximum absolute atomic E-state index is 13.2. The summed E-state index contributed by atoms with van der Waals surface area (Å²) in [5.74, 6) is 0.355. The van der Waals surface area contributed by atoms with Crippen LogP contribution in [0.1, 0.15) is 59.9 Å². The molecule has 30 heavy (non-hydrogen) atoms. The highest BCUT2D eigenvalue weighted by Gasteiger charge is 2.29. The van der Waals surface area contributed by atoms with E-state index >= 15 is 0 Å². The van der Waals surface area contributed by atoms with Gasteiger partial charge in [0, 0.05) is 24.2 Å². The molecule has 0 radical (unpaired) electrons. The van der Waals surface area contributed by atoms with E-state index in [1.807, 2.05) is 19.1 Å². The molecule has 4 rings (SSSR count). The maximum atomic E-state index is 13.2. The highest BCUT2D eigenvalue weighted by atomic mass is 16.5. The van der Waals surface area contributed by atoms with Crippen LogP contribution in [0, 0.1) is 6.92 Å². The van der Waals surface area contributed by atoms with E-state index in [0.29, 0.717) is 29.4 Å². The molecule has 2 aromatic heterocycles. The Labute approximate surface area is 177 Å². The first-order valence-corrected chi connectivity index (χ1v) is 10.9. The molecule has 0 spiro atoms. The lowest BCUT2D eigenvalue weighted by atomic mass is 10.0. The number of nitrogens with one attached hydrogen (secondary N) is 1. The number of benzene rings is 1. The molecule has 2 heterocycles. The number of hydrogen-bond donors (Lipinski definition) is 1. The van der Waals surface area contributed by atoms with Crippen LogP contribution in [0.4, 0.5) is 0 Å². The average Bonchev–Trinajstić information content (AvgIpc) is 3.56. The molecule has 1 aliphatic carbocycles. The zero-order valence-electron chi connectivity index (χ0n) is 18.0. The highest BCUT2D eigenvalue weighted by molar-refractivity contribution is 6.06. The van der Waals surface area contributed by atoms with Crippen LogP contribution in [0.25, 0.3) is 11.1 Å². The van der Waals surface area contributed by atoms with Gasteiger partial charge in [-0.05, 0) is 50.9 Å². The number of carbonyl (C=O) groups excluding carboxylic acids is 1. The summed E-state index contributed by atoms with van der Waals surface area (Å²) in [5.41, 5.74) is 4.01. The second-order valence-electron chi connectivity index (χ2n) is 8.09. The summed E-state index contributed by atoms with van der Waals surface area (Å²) in [7, 11) is 0. The highest BCUT2D eigenvalue weighted by Crippen LogP contribution is 2.40. The van der Waals surface area contributed by atoms with Crippen LogP contribution in [-0.4, -0.2) is 46.6 Å². The number of nitrogens with zero attached hydrogens (tertiary/aromatic N) is 3. The Morgan fingerprint density at radius 1 is 1.23 bits per heavy atom. The molecule has 1 amide bonds. The molecule has 1 N–H and O–H groups in total. The number of likely N-dealkylation sites (N-methyl/N-ethyl adjacent to an activating group) is 1. The van der Waals surface area contributed by atoms with Crippen molar-refractivity contribution in [2.45, 2.75) is 52.0 Å². The van der Waals surface area contributed by atoms with Crippen molar-refractivity contribution in [2.75, 3.05) is 19.6 Å². The van der Waals surface area contributed by atoms with Gasteiger partial charge in [-0.25, -0.2) is 4.98 Å². The van der Waals surface area contributed by atoms with E-state index in [9.17, 15) is 4.79 Å². The quantitative estimate of drug-likeness (QED) is 0.579. The number of carbonyl (C=O) groups is 1. The fraction of sp³-hybridized carbons (Fsp3) is 0.458. The first-order valence-electron chi connectivity index (χ1n) is 10.9. The molecule has 3 aromatic rings. The molecule has 158 valence electrons. The number of aryl methyl sites for hydroxylation is 1. The van der Waals surface area contributed by atoms with Crippen molar-refractivity contribution in [1.29, 1.82) is 0 Å². The lowest BCUT2D eigenvalue weighted by Crippen LogP contribution is -2.45. The SMILES string of the molecule is CCN(CC)C(CNC(=O)c1cc(C2CC2)nc2onc(C)c12)Cc1ccccc1. The van der Waals surface area contributed by atoms with E-state index < -0.39 is 0 Å². The van der Waals surface area contributed by atoms with Crippen LogP contribution in [0.2, 0.25) is 0 Å². The minimum absolute atomic E-state index is 0.0826. The predicted octanol–water partition coefficient (Wildman–Crippen LogP) is 4.09. The molecule has 1 atom stereocenters. The topological polar surface area (TPSA) is 71.3 Å². The lowest BCUT2D eigenvalue weighted by Gasteiger charge is -2.30. The summed E-state index contributed by atoms with van der Waals surface area (Å²) in [4.78, 5) is 20.2. The van der Waals surface area contributed by atoms with Gasteiger partial charge in [0.2, 0.25) is 0 Å². The summed E-state index contributed by atoms with van der Waals surface area (Å²) in [6, 6.07) is 12.6. The van der Waals surface area contributed by atoms with Crippen molar-refractivity contribution >= 4 is 17.0 Å². The molecule has 1 saturated carbocycles. The second kappa shape index (κ2) is 8.96. The van der Waals surface area contributed by atoms with E-state index in [-0.39, 0.29) is 11.9 Å². The van der Waals surface area contributed by atoms with Crippen LogP contribution in [0.15, 0.2) is 40.9 Å². The molecule has 0 saturated heterocycles. The molecular formula is C24H30N4O2. The van der Waals surface area contributed by atoms with Crippen molar-refractivity contribution in [3.8, 4) is 0 Å². The second-order valence-corrected chi connectivity index (χ2v) is 8.09. The normalized spacial score (nSPS) is 14.9. The first-order chi connectivity index (χ1) is 14.6. The van der Waals surface area contributed by atoms with Crippen molar-refractivity contribution in [1.82, 2.24) is 20.4 Å². The summed E-state index contributed by atoms with van der Waals surface area (Å²) >= 11 is 0. The Morgan fingerprint density at radius 3 is 2.63 bits per heavy atom. The standard InChI is InChI=1S/C24H30N4O2/c1-4-28(5-2)19(13-17-9-7-6-8-10-17)15-25-23(29)20-14-21(18-11-12-18)26-24-22(20)16(3)27-30-24/h6-10,14,18-19H,4-5,11-13,15H2,1-3H3,(H,25,29). The fourth-order valence-electron chi connectivity index (χ4n) is 4.14. The van der Waals surface area contributed by atoms with Crippen molar-refractivity contribution in [2.24, 2.45) is 0 Å². The van der Waals surface area contributed by atoms with Crippen molar-refractivity contribution in [3.05, 3.63) is 58.9 Å². The summed E-state index contributed by atoms with van der Waals surface area (Å²) in [6.45, 7) is 8.66. The van der Waals surface area contributed by atoms with E-state index in [1.165, 1.54) is 5.56 Å². The Morgan fingerprint density at radius 2 is 1.97 bits per heavy atom. The molecule has 1 aliphatic rings. The van der Waals surface area contributed by atoms with Gasteiger partial charge in [0.25, 0.3) is 11.6 Å². The average molecular weight is 407 g/mol. The van der Waals surface area contributed by atoms with Crippen LogP contribution in [-0.2, 0) is 6.42 Å². The number of aromatic nitrogens is 2. The molecular weight excluding hydrogens is 376 g/mol. The van der Waals surface area contributed by atoms with E-state index in [1.54, 1.807) is 0 Å². The van der Waals surface area contributed by atoms with Crippen LogP contribution >= 0.6 is 0 Å². The van der Waals surface area contributed by atoms with Gasteiger partial charge in [0.1, 0.15) is 0 Å². The summed E-state index contributed by atoms with van der Waals surface area (Å²) in [6.07, 6.45) is 3.13. The predicted molar refractivity (Wildman–Crippen MR) is 118 cm³/mol. The third kappa shape index (κ3) is 4.38.